The van der Waals surface area contributed by atoms with Crippen LogP contribution in [0.25, 0.3) is 0 Å². The second-order valence-electron chi connectivity index (χ2n) is 7.06. The molecule has 0 fully saturated rings. The Labute approximate surface area is 158 Å². The number of nitrogens with one attached hydrogen (secondary N) is 1. The molecule has 0 aliphatic heterocycles. The predicted molar refractivity (Wildman–Crippen MR) is 104 cm³/mol. The highest BCUT2D eigenvalue weighted by molar-refractivity contribution is 5.90. The van der Waals surface area contributed by atoms with Crippen LogP contribution in [0.15, 0.2) is 53.2 Å². The first-order chi connectivity index (χ1) is 13.2. The van der Waals surface area contributed by atoms with Crippen molar-refractivity contribution in [1.82, 2.24) is 10.3 Å². The third-order valence-electron chi connectivity index (χ3n) is 5.47. The van der Waals surface area contributed by atoms with E-state index in [0.29, 0.717) is 23.9 Å². The maximum Gasteiger partial charge on any atom is 0.225 e. The Hall–Kier alpha value is -2.95. The molecule has 1 heterocycles. The number of amides is 1. The van der Waals surface area contributed by atoms with Gasteiger partial charge in [-0.3, -0.25) is 4.79 Å². The van der Waals surface area contributed by atoms with Gasteiger partial charge < -0.3 is 5.32 Å². The van der Waals surface area contributed by atoms with Crippen molar-refractivity contribution in [3.8, 4) is 0 Å². The van der Waals surface area contributed by atoms with E-state index >= 15 is 0 Å². The summed E-state index contributed by atoms with van der Waals surface area (Å²) >= 11 is 0. The van der Waals surface area contributed by atoms with E-state index < -0.39 is 0 Å². The van der Waals surface area contributed by atoms with Crippen LogP contribution in [0.3, 0.4) is 0 Å². The molecular formula is C22H23N3O2. The van der Waals surface area contributed by atoms with Gasteiger partial charge in [0.05, 0.1) is 0 Å². The molecule has 1 aliphatic rings. The fourth-order valence-corrected chi connectivity index (χ4v) is 4.19. The summed E-state index contributed by atoms with van der Waals surface area (Å²) in [5.74, 6) is 0.977. The summed E-state index contributed by atoms with van der Waals surface area (Å²) in [4.78, 5) is 12.4. The Balaban J connectivity index is 1.59. The van der Waals surface area contributed by atoms with E-state index in [-0.39, 0.29) is 11.8 Å². The van der Waals surface area contributed by atoms with E-state index in [0.717, 1.165) is 12.8 Å². The fourth-order valence-electron chi connectivity index (χ4n) is 4.19. The summed E-state index contributed by atoms with van der Waals surface area (Å²) in [7, 11) is 0. The largest absolute Gasteiger partial charge is 0.306 e. The van der Waals surface area contributed by atoms with Gasteiger partial charge in [-0.05, 0) is 47.2 Å². The summed E-state index contributed by atoms with van der Waals surface area (Å²) in [6.07, 6.45) is 2.23. The van der Waals surface area contributed by atoms with Crippen LogP contribution in [0.5, 0.6) is 0 Å². The van der Waals surface area contributed by atoms with Crippen molar-refractivity contribution in [2.24, 2.45) is 0 Å². The molecule has 5 nitrogen and oxygen atoms in total. The van der Waals surface area contributed by atoms with Crippen LogP contribution in [0.1, 0.15) is 66.0 Å². The van der Waals surface area contributed by atoms with E-state index in [9.17, 15) is 4.79 Å². The summed E-state index contributed by atoms with van der Waals surface area (Å²) in [5.41, 5.74) is 6.05. The molecule has 0 bridgehead atoms. The molecular weight excluding hydrogens is 338 g/mol. The van der Waals surface area contributed by atoms with Crippen molar-refractivity contribution in [2.45, 2.75) is 44.9 Å². The quantitative estimate of drug-likeness (QED) is 0.710. The molecule has 0 saturated heterocycles. The maximum atomic E-state index is 12.4. The van der Waals surface area contributed by atoms with E-state index in [1.165, 1.54) is 22.3 Å². The van der Waals surface area contributed by atoms with Crippen LogP contribution in [0.2, 0.25) is 0 Å². The molecule has 27 heavy (non-hydrogen) atoms. The van der Waals surface area contributed by atoms with Crippen molar-refractivity contribution in [3.05, 3.63) is 76.5 Å². The lowest BCUT2D eigenvalue weighted by molar-refractivity contribution is -0.116. The highest BCUT2D eigenvalue weighted by Gasteiger charge is 2.31. The zero-order valence-electron chi connectivity index (χ0n) is 15.6. The molecule has 0 radical (unpaired) electrons. The molecule has 1 aliphatic carbocycles. The fraction of sp³-hybridized carbons (Fsp3) is 0.318. The highest BCUT2D eigenvalue weighted by Crippen LogP contribution is 2.46. The number of fused-ring (bicyclic) bond motifs is 2. The first-order valence-corrected chi connectivity index (χ1v) is 9.45. The Morgan fingerprint density at radius 2 is 1.52 bits per heavy atom. The average Bonchev–Trinajstić information content (AvgIpc) is 3.09. The molecule has 3 aromatic rings. The second-order valence-corrected chi connectivity index (χ2v) is 7.06. The van der Waals surface area contributed by atoms with Crippen molar-refractivity contribution < 1.29 is 9.42 Å². The smallest absolute Gasteiger partial charge is 0.225 e. The molecule has 2 aromatic carbocycles. The van der Waals surface area contributed by atoms with Gasteiger partial charge in [0.1, 0.15) is 5.69 Å². The van der Waals surface area contributed by atoms with Crippen LogP contribution >= 0.6 is 0 Å². The topological polar surface area (TPSA) is 68.0 Å². The van der Waals surface area contributed by atoms with Gasteiger partial charge in [-0.1, -0.05) is 60.6 Å². The predicted octanol–water partition coefficient (Wildman–Crippen LogP) is 4.78. The van der Waals surface area contributed by atoms with Crippen LogP contribution in [0.4, 0.5) is 5.82 Å². The maximum absolute atomic E-state index is 12.4. The molecule has 4 rings (SSSR count). The van der Waals surface area contributed by atoms with Crippen molar-refractivity contribution in [2.75, 3.05) is 5.32 Å². The molecule has 0 atom stereocenters. The van der Waals surface area contributed by atoms with Gasteiger partial charge in [0.25, 0.3) is 0 Å². The van der Waals surface area contributed by atoms with Crippen molar-refractivity contribution in [1.29, 1.82) is 0 Å². The summed E-state index contributed by atoms with van der Waals surface area (Å²) in [5, 5.41) is 10.2. The number of carbonyl (C=O) groups excluding carboxylic acids is 1. The molecule has 0 saturated carbocycles. The Bertz CT molecular complexity index is 916. The summed E-state index contributed by atoms with van der Waals surface area (Å²) in [6, 6.07) is 17.3. The monoisotopic (exact) mass is 361 g/mol. The van der Waals surface area contributed by atoms with Crippen molar-refractivity contribution >= 4 is 11.7 Å². The Morgan fingerprint density at radius 3 is 2.00 bits per heavy atom. The van der Waals surface area contributed by atoms with Gasteiger partial charge in [-0.15, -0.1) is 0 Å². The van der Waals surface area contributed by atoms with Crippen LogP contribution in [-0.2, 0) is 4.79 Å². The normalized spacial score (nSPS) is 17.9. The number of carbonyl (C=O) groups is 1. The minimum Gasteiger partial charge on any atom is -0.306 e. The molecule has 5 heteroatoms. The number of hydrogen-bond donors (Lipinski definition) is 1. The lowest BCUT2D eigenvalue weighted by Gasteiger charge is -2.34. The number of nitrogens with zero attached hydrogens (tertiary/aromatic N) is 2. The average molecular weight is 361 g/mol. The number of aryl methyl sites for hydroxylation is 1. The van der Waals surface area contributed by atoms with Crippen LogP contribution in [0, 0.1) is 6.92 Å². The van der Waals surface area contributed by atoms with E-state index in [1.54, 1.807) is 6.92 Å². The molecule has 0 spiro atoms. The minimum atomic E-state index is -0.0682. The molecule has 0 unspecified atom stereocenters. The SMILES string of the molecule is CCC1c2ccccc2C(CCC(=O)Nc2nonc2C)c2ccccc21. The lowest BCUT2D eigenvalue weighted by Crippen LogP contribution is -2.20. The third-order valence-corrected chi connectivity index (χ3v) is 5.47. The van der Waals surface area contributed by atoms with E-state index in [4.69, 9.17) is 0 Å². The third kappa shape index (κ3) is 3.25. The number of anilines is 1. The van der Waals surface area contributed by atoms with Gasteiger partial charge >= 0.3 is 0 Å². The number of benzene rings is 2. The molecule has 1 aromatic heterocycles. The zero-order valence-corrected chi connectivity index (χ0v) is 15.6. The first-order valence-electron chi connectivity index (χ1n) is 9.45. The Kier molecular flexibility index (Phi) is 4.75. The lowest BCUT2D eigenvalue weighted by atomic mass is 9.70. The highest BCUT2D eigenvalue weighted by atomic mass is 16.6. The van der Waals surface area contributed by atoms with E-state index in [2.05, 4.69) is 75.7 Å². The number of hydrogen-bond acceptors (Lipinski definition) is 4. The van der Waals surface area contributed by atoms with E-state index in [1.807, 2.05) is 0 Å². The minimum absolute atomic E-state index is 0.0682. The van der Waals surface area contributed by atoms with Crippen LogP contribution < -0.4 is 5.32 Å². The summed E-state index contributed by atoms with van der Waals surface area (Å²) in [6.45, 7) is 3.99. The second kappa shape index (κ2) is 7.35. The zero-order chi connectivity index (χ0) is 18.8. The van der Waals surface area contributed by atoms with Crippen molar-refractivity contribution in [3.63, 3.8) is 0 Å². The molecule has 1 N–H and O–H groups in total. The first kappa shape index (κ1) is 17.5. The van der Waals surface area contributed by atoms with Crippen LogP contribution in [-0.4, -0.2) is 16.2 Å². The van der Waals surface area contributed by atoms with Gasteiger partial charge in [0, 0.05) is 18.3 Å². The molecule has 138 valence electrons. The number of rotatable bonds is 5. The standard InChI is InChI=1S/C22H23N3O2/c1-3-15-16-8-4-6-10-18(16)20(19-11-7-5-9-17(15)19)12-13-21(26)23-22-14(2)24-27-25-22/h4-11,15,20H,3,12-13H2,1-2H3,(H,23,25,26). The van der Waals surface area contributed by atoms with Gasteiger partial charge in [0.2, 0.25) is 5.91 Å². The summed E-state index contributed by atoms with van der Waals surface area (Å²) < 4.78 is 4.64. The van der Waals surface area contributed by atoms with Gasteiger partial charge in [-0.25, -0.2) is 4.63 Å². The number of aromatic nitrogens is 2. The van der Waals surface area contributed by atoms with Gasteiger partial charge in [0.15, 0.2) is 5.82 Å². The Morgan fingerprint density at radius 1 is 0.963 bits per heavy atom. The van der Waals surface area contributed by atoms with Gasteiger partial charge in [-0.2, -0.15) is 0 Å². The molecule has 1 amide bonds.